The van der Waals surface area contributed by atoms with Crippen molar-refractivity contribution in [3.8, 4) is 0 Å². The van der Waals surface area contributed by atoms with Gasteiger partial charge in [0.25, 0.3) is 0 Å². The Morgan fingerprint density at radius 3 is 2.07 bits per heavy atom. The molecule has 1 aromatic rings. The zero-order valence-corrected chi connectivity index (χ0v) is 8.88. The van der Waals surface area contributed by atoms with Gasteiger partial charge in [0.05, 0.1) is 0 Å². The van der Waals surface area contributed by atoms with E-state index in [2.05, 4.69) is 0 Å². The molecule has 0 aliphatic heterocycles. The van der Waals surface area contributed by atoms with Crippen LogP contribution in [0.1, 0.15) is 5.56 Å². The Bertz CT molecular complexity index is 397. The van der Waals surface area contributed by atoms with Crippen LogP contribution in [-0.4, -0.2) is 22.5 Å². The van der Waals surface area contributed by atoms with E-state index in [0.29, 0.717) is 5.56 Å². The highest BCUT2D eigenvalue weighted by Gasteiger charge is 2.08. The van der Waals surface area contributed by atoms with E-state index in [1.54, 1.807) is 24.3 Å². The summed E-state index contributed by atoms with van der Waals surface area (Å²) in [4.78, 5) is 1.88. The average molecular weight is 217 g/mol. The molecule has 0 bridgehead atoms. The molecular formula is C9H12FNO2S. The van der Waals surface area contributed by atoms with E-state index in [1.165, 1.54) is 0 Å². The zero-order chi connectivity index (χ0) is 10.8. The second kappa shape index (κ2) is 3.96. The topological polar surface area (TPSA) is 37.4 Å². The van der Waals surface area contributed by atoms with Gasteiger partial charge in [-0.05, 0) is 17.7 Å². The molecule has 0 spiro atoms. The maximum atomic E-state index is 12.3. The van der Waals surface area contributed by atoms with Crippen LogP contribution >= 0.6 is 0 Å². The fourth-order valence-electron chi connectivity index (χ4n) is 1.09. The Labute approximate surface area is 83.4 Å². The van der Waals surface area contributed by atoms with Crippen molar-refractivity contribution in [3.05, 3.63) is 29.8 Å². The largest absolute Gasteiger partial charge is 0.378 e. The van der Waals surface area contributed by atoms with E-state index in [1.807, 2.05) is 19.0 Å². The van der Waals surface area contributed by atoms with Crippen molar-refractivity contribution < 1.29 is 12.3 Å². The van der Waals surface area contributed by atoms with Crippen LogP contribution in [0.25, 0.3) is 0 Å². The molecule has 1 rings (SSSR count). The van der Waals surface area contributed by atoms with Gasteiger partial charge in [-0.2, -0.15) is 8.42 Å². The number of hydrogen-bond acceptors (Lipinski definition) is 3. The summed E-state index contributed by atoms with van der Waals surface area (Å²) in [5.74, 6) is -0.555. The lowest BCUT2D eigenvalue weighted by molar-refractivity contribution is 0.551. The Kier molecular flexibility index (Phi) is 3.10. The Balaban J connectivity index is 2.84. The minimum Gasteiger partial charge on any atom is -0.378 e. The third kappa shape index (κ3) is 3.33. The molecule has 3 nitrogen and oxygen atoms in total. The van der Waals surface area contributed by atoms with Gasteiger partial charge in [0.1, 0.15) is 5.75 Å². The maximum Gasteiger partial charge on any atom is 0.306 e. The van der Waals surface area contributed by atoms with E-state index < -0.39 is 16.0 Å². The number of halogens is 1. The summed E-state index contributed by atoms with van der Waals surface area (Å²) in [6, 6.07) is 6.71. The van der Waals surface area contributed by atoms with Crippen molar-refractivity contribution in [2.75, 3.05) is 19.0 Å². The first kappa shape index (κ1) is 11.0. The first-order chi connectivity index (χ1) is 6.38. The van der Waals surface area contributed by atoms with Crippen molar-refractivity contribution in [2.45, 2.75) is 5.75 Å². The summed E-state index contributed by atoms with van der Waals surface area (Å²) < 4.78 is 33.0. The van der Waals surface area contributed by atoms with E-state index >= 15 is 0 Å². The number of nitrogens with zero attached hydrogens (tertiary/aromatic N) is 1. The molecule has 0 aliphatic rings. The van der Waals surface area contributed by atoms with E-state index in [4.69, 9.17) is 0 Å². The molecule has 0 radical (unpaired) electrons. The highest BCUT2D eigenvalue weighted by Crippen LogP contribution is 2.14. The Hall–Kier alpha value is -1.10. The molecule has 0 atom stereocenters. The number of benzene rings is 1. The van der Waals surface area contributed by atoms with Gasteiger partial charge in [0.15, 0.2) is 0 Å². The fraction of sp³-hybridized carbons (Fsp3) is 0.333. The second-order valence-corrected chi connectivity index (χ2v) is 4.61. The highest BCUT2D eigenvalue weighted by atomic mass is 32.3. The lowest BCUT2D eigenvalue weighted by Crippen LogP contribution is -2.08. The molecular weight excluding hydrogens is 205 g/mol. The molecule has 5 heteroatoms. The summed E-state index contributed by atoms with van der Waals surface area (Å²) >= 11 is 0. The van der Waals surface area contributed by atoms with Gasteiger partial charge in [0, 0.05) is 19.8 Å². The Morgan fingerprint density at radius 2 is 1.71 bits per heavy atom. The van der Waals surface area contributed by atoms with Crippen LogP contribution in [0, 0.1) is 0 Å². The van der Waals surface area contributed by atoms with Crippen LogP contribution in [0.4, 0.5) is 9.57 Å². The average Bonchev–Trinajstić information content (AvgIpc) is 2.02. The molecule has 78 valence electrons. The molecule has 0 aromatic heterocycles. The van der Waals surface area contributed by atoms with Gasteiger partial charge in [-0.25, -0.2) is 0 Å². The highest BCUT2D eigenvalue weighted by molar-refractivity contribution is 7.85. The van der Waals surface area contributed by atoms with Crippen LogP contribution in [0.15, 0.2) is 24.3 Å². The molecule has 0 unspecified atom stereocenters. The van der Waals surface area contributed by atoms with Crippen LogP contribution < -0.4 is 4.90 Å². The predicted molar refractivity (Wildman–Crippen MR) is 54.5 cm³/mol. The van der Waals surface area contributed by atoms with Crippen LogP contribution in [-0.2, 0) is 16.0 Å². The predicted octanol–water partition coefficient (Wildman–Crippen LogP) is 1.55. The molecule has 0 fully saturated rings. The standard InChI is InChI=1S/C9H12FNO2S/c1-11(2)9-5-3-8(4-6-9)7-14(10,12)13/h3-6H,7H2,1-2H3. The minimum absolute atomic E-state index is 0.457. The summed E-state index contributed by atoms with van der Waals surface area (Å²) in [5, 5.41) is 0. The molecule has 1 aromatic carbocycles. The monoisotopic (exact) mass is 217 g/mol. The Morgan fingerprint density at radius 1 is 1.21 bits per heavy atom. The molecule has 0 N–H and O–H groups in total. The van der Waals surface area contributed by atoms with Crippen LogP contribution in [0.2, 0.25) is 0 Å². The quantitative estimate of drug-likeness (QED) is 0.721. The van der Waals surface area contributed by atoms with Gasteiger partial charge in [-0.15, -0.1) is 3.89 Å². The zero-order valence-electron chi connectivity index (χ0n) is 8.07. The van der Waals surface area contributed by atoms with Gasteiger partial charge in [-0.3, -0.25) is 0 Å². The number of hydrogen-bond donors (Lipinski definition) is 0. The lowest BCUT2D eigenvalue weighted by Gasteiger charge is -2.12. The van der Waals surface area contributed by atoms with Crippen molar-refractivity contribution >= 4 is 15.9 Å². The molecule has 0 saturated heterocycles. The van der Waals surface area contributed by atoms with Crippen molar-refractivity contribution in [1.29, 1.82) is 0 Å². The number of anilines is 1. The minimum atomic E-state index is -4.42. The maximum absolute atomic E-state index is 12.3. The number of rotatable bonds is 3. The van der Waals surface area contributed by atoms with Gasteiger partial charge < -0.3 is 4.90 Å². The fourth-order valence-corrected chi connectivity index (χ4v) is 1.68. The second-order valence-electron chi connectivity index (χ2n) is 3.24. The third-order valence-corrected chi connectivity index (χ3v) is 2.47. The smallest absolute Gasteiger partial charge is 0.306 e. The molecule has 0 heterocycles. The lowest BCUT2D eigenvalue weighted by atomic mass is 10.2. The summed E-state index contributed by atoms with van der Waals surface area (Å²) in [7, 11) is -0.672. The molecule has 14 heavy (non-hydrogen) atoms. The third-order valence-electron chi connectivity index (χ3n) is 1.79. The van der Waals surface area contributed by atoms with E-state index in [-0.39, 0.29) is 0 Å². The molecule has 0 saturated carbocycles. The van der Waals surface area contributed by atoms with Crippen molar-refractivity contribution in [2.24, 2.45) is 0 Å². The van der Waals surface area contributed by atoms with Crippen molar-refractivity contribution in [1.82, 2.24) is 0 Å². The first-order valence-corrected chi connectivity index (χ1v) is 5.62. The normalized spacial score (nSPS) is 11.4. The van der Waals surface area contributed by atoms with Gasteiger partial charge in [0.2, 0.25) is 0 Å². The summed E-state index contributed by atoms with van der Waals surface area (Å²) in [5.41, 5.74) is 1.41. The van der Waals surface area contributed by atoms with E-state index in [0.717, 1.165) is 5.69 Å². The summed E-state index contributed by atoms with van der Waals surface area (Å²) in [6.45, 7) is 0. The SMILES string of the molecule is CN(C)c1ccc(CS(=O)(=O)F)cc1. The first-order valence-electron chi connectivity index (χ1n) is 4.07. The molecule has 0 amide bonds. The van der Waals surface area contributed by atoms with E-state index in [9.17, 15) is 12.3 Å². The van der Waals surface area contributed by atoms with Gasteiger partial charge in [-0.1, -0.05) is 12.1 Å². The molecule has 0 aliphatic carbocycles. The van der Waals surface area contributed by atoms with Crippen LogP contribution in [0.3, 0.4) is 0 Å². The van der Waals surface area contributed by atoms with Crippen molar-refractivity contribution in [3.63, 3.8) is 0 Å². The van der Waals surface area contributed by atoms with Gasteiger partial charge >= 0.3 is 10.2 Å². The summed E-state index contributed by atoms with van der Waals surface area (Å²) in [6.07, 6.45) is 0. The van der Waals surface area contributed by atoms with Crippen LogP contribution in [0.5, 0.6) is 0 Å².